The molecule has 0 spiro atoms. The fourth-order valence-corrected chi connectivity index (χ4v) is 5.40. The van der Waals surface area contributed by atoms with Gasteiger partial charge in [-0.15, -0.1) is 11.3 Å². The highest BCUT2D eigenvalue weighted by Crippen LogP contribution is 2.27. The van der Waals surface area contributed by atoms with E-state index in [2.05, 4.69) is 11.9 Å². The lowest BCUT2D eigenvalue weighted by molar-refractivity contribution is 0.477. The van der Waals surface area contributed by atoms with Crippen LogP contribution in [0.5, 0.6) is 0 Å². The predicted octanol–water partition coefficient (Wildman–Crippen LogP) is 4.27. The Kier molecular flexibility index (Phi) is 5.44. The minimum absolute atomic E-state index is 0.0909. The van der Waals surface area contributed by atoms with Gasteiger partial charge in [-0.3, -0.25) is 18.6 Å². The van der Waals surface area contributed by atoms with Crippen molar-refractivity contribution in [2.24, 2.45) is 0 Å². The molecule has 0 saturated heterocycles. The highest BCUT2D eigenvalue weighted by Gasteiger charge is 2.16. The first kappa shape index (κ1) is 20.7. The third-order valence-corrected chi connectivity index (χ3v) is 7.30. The second kappa shape index (κ2) is 8.40. The molecule has 5 rings (SSSR count). The number of rotatable bonds is 6. The van der Waals surface area contributed by atoms with Crippen molar-refractivity contribution in [2.45, 2.75) is 37.7 Å². The number of aromatic nitrogens is 4. The Balaban J connectivity index is 1.54. The van der Waals surface area contributed by atoms with E-state index >= 15 is 0 Å². The normalized spacial score (nSPS) is 11.6. The Morgan fingerprint density at radius 2 is 2.03 bits per heavy atom. The summed E-state index contributed by atoms with van der Waals surface area (Å²) in [4.78, 5) is 37.1. The number of hydrogen-bond donors (Lipinski definition) is 0. The van der Waals surface area contributed by atoms with Crippen LogP contribution >= 0.6 is 23.1 Å². The molecule has 0 aliphatic carbocycles. The van der Waals surface area contributed by atoms with Crippen LogP contribution in [0, 0.1) is 6.92 Å². The monoisotopic (exact) mass is 464 g/mol. The molecule has 32 heavy (non-hydrogen) atoms. The van der Waals surface area contributed by atoms with E-state index in [4.69, 9.17) is 9.40 Å². The average molecular weight is 465 g/mol. The molecule has 162 valence electrons. The SMILES string of the molecule is CCc1cc2c(=O)n(Cc3ccco3)c(SCc3cc(=O)n4cc(C)ccc4n3)nc2s1. The zero-order valence-electron chi connectivity index (χ0n) is 17.6. The molecule has 5 aromatic rings. The van der Waals surface area contributed by atoms with Gasteiger partial charge in [0.1, 0.15) is 16.2 Å². The first-order chi connectivity index (χ1) is 15.5. The van der Waals surface area contributed by atoms with Crippen LogP contribution in [0.1, 0.15) is 28.8 Å². The van der Waals surface area contributed by atoms with Gasteiger partial charge in [0.2, 0.25) is 0 Å². The van der Waals surface area contributed by atoms with Crippen molar-refractivity contribution in [3.05, 3.63) is 91.5 Å². The molecule has 5 aromatic heterocycles. The molecule has 0 atom stereocenters. The Labute approximate surface area is 191 Å². The van der Waals surface area contributed by atoms with E-state index in [-0.39, 0.29) is 11.1 Å². The van der Waals surface area contributed by atoms with Crippen molar-refractivity contribution in [1.82, 2.24) is 18.9 Å². The fraction of sp³-hybridized carbons (Fsp3) is 0.217. The highest BCUT2D eigenvalue weighted by molar-refractivity contribution is 7.98. The van der Waals surface area contributed by atoms with E-state index < -0.39 is 0 Å². The van der Waals surface area contributed by atoms with Gasteiger partial charge in [0.25, 0.3) is 11.1 Å². The van der Waals surface area contributed by atoms with Gasteiger partial charge in [0.05, 0.1) is 23.9 Å². The number of thioether (sulfide) groups is 1. The summed E-state index contributed by atoms with van der Waals surface area (Å²) in [6.07, 6.45) is 4.22. The van der Waals surface area contributed by atoms with E-state index in [1.807, 2.05) is 31.2 Å². The number of thiophene rings is 1. The lowest BCUT2D eigenvalue weighted by Gasteiger charge is -2.11. The molecule has 0 amide bonds. The average Bonchev–Trinajstić information content (AvgIpc) is 3.45. The van der Waals surface area contributed by atoms with E-state index in [9.17, 15) is 9.59 Å². The molecule has 0 fully saturated rings. The van der Waals surface area contributed by atoms with Crippen LogP contribution in [0.3, 0.4) is 0 Å². The smallest absolute Gasteiger partial charge is 0.263 e. The number of fused-ring (bicyclic) bond motifs is 2. The third kappa shape index (κ3) is 3.89. The summed E-state index contributed by atoms with van der Waals surface area (Å²) < 4.78 is 8.65. The molecule has 7 nitrogen and oxygen atoms in total. The molecule has 0 bridgehead atoms. The second-order valence-corrected chi connectivity index (χ2v) is 9.52. The van der Waals surface area contributed by atoms with Crippen LogP contribution in [-0.2, 0) is 18.7 Å². The van der Waals surface area contributed by atoms with Crippen molar-refractivity contribution in [2.75, 3.05) is 0 Å². The van der Waals surface area contributed by atoms with Crippen molar-refractivity contribution in [1.29, 1.82) is 0 Å². The van der Waals surface area contributed by atoms with Crippen LogP contribution < -0.4 is 11.1 Å². The summed E-state index contributed by atoms with van der Waals surface area (Å²) in [5.41, 5.74) is 2.01. The van der Waals surface area contributed by atoms with Crippen molar-refractivity contribution in [3.8, 4) is 0 Å². The van der Waals surface area contributed by atoms with Crippen LogP contribution in [0.15, 0.2) is 68.0 Å². The number of aryl methyl sites for hydroxylation is 2. The quantitative estimate of drug-likeness (QED) is 0.276. The Bertz CT molecular complexity index is 1550. The van der Waals surface area contributed by atoms with Gasteiger partial charge in [0.15, 0.2) is 5.16 Å². The van der Waals surface area contributed by atoms with Crippen molar-refractivity contribution in [3.63, 3.8) is 0 Å². The molecule has 0 radical (unpaired) electrons. The maximum Gasteiger partial charge on any atom is 0.263 e. The number of hydrogen-bond acceptors (Lipinski definition) is 7. The largest absolute Gasteiger partial charge is 0.467 e. The highest BCUT2D eigenvalue weighted by atomic mass is 32.2. The molecule has 0 saturated carbocycles. The van der Waals surface area contributed by atoms with Gasteiger partial charge < -0.3 is 4.42 Å². The zero-order chi connectivity index (χ0) is 22.2. The number of furan rings is 1. The van der Waals surface area contributed by atoms with Gasteiger partial charge >= 0.3 is 0 Å². The summed E-state index contributed by atoms with van der Waals surface area (Å²) in [6, 6.07) is 10.9. The Hall–Kier alpha value is -3.17. The van der Waals surface area contributed by atoms with Crippen LogP contribution in [0.25, 0.3) is 15.9 Å². The van der Waals surface area contributed by atoms with Crippen LogP contribution in [0.4, 0.5) is 0 Å². The molecule has 0 unspecified atom stereocenters. The Morgan fingerprint density at radius 1 is 1.16 bits per heavy atom. The van der Waals surface area contributed by atoms with Crippen molar-refractivity contribution >= 4 is 39.0 Å². The van der Waals surface area contributed by atoms with Gasteiger partial charge in [-0.1, -0.05) is 24.8 Å². The topological polar surface area (TPSA) is 82.4 Å². The summed E-state index contributed by atoms with van der Waals surface area (Å²) in [7, 11) is 0. The molecule has 9 heteroatoms. The van der Waals surface area contributed by atoms with Gasteiger partial charge in [0, 0.05) is 22.9 Å². The van der Waals surface area contributed by atoms with Gasteiger partial charge in [-0.25, -0.2) is 9.97 Å². The number of nitrogens with zero attached hydrogens (tertiary/aromatic N) is 4. The predicted molar refractivity (Wildman–Crippen MR) is 127 cm³/mol. The van der Waals surface area contributed by atoms with E-state index in [1.54, 1.807) is 27.5 Å². The second-order valence-electron chi connectivity index (χ2n) is 7.46. The van der Waals surface area contributed by atoms with Gasteiger partial charge in [-0.2, -0.15) is 0 Å². The summed E-state index contributed by atoms with van der Waals surface area (Å²) in [5.74, 6) is 1.10. The molecular formula is C23H20N4O3S2. The van der Waals surface area contributed by atoms with E-state index in [1.165, 1.54) is 29.2 Å². The summed E-state index contributed by atoms with van der Waals surface area (Å²) in [5, 5.41) is 1.20. The molecule has 5 heterocycles. The van der Waals surface area contributed by atoms with Crippen LogP contribution in [-0.4, -0.2) is 18.9 Å². The minimum Gasteiger partial charge on any atom is -0.467 e. The van der Waals surface area contributed by atoms with Crippen LogP contribution in [0.2, 0.25) is 0 Å². The molecular weight excluding hydrogens is 444 g/mol. The summed E-state index contributed by atoms with van der Waals surface area (Å²) in [6.45, 7) is 4.29. The molecule has 0 aliphatic heterocycles. The lowest BCUT2D eigenvalue weighted by atomic mass is 10.3. The first-order valence-electron chi connectivity index (χ1n) is 10.2. The van der Waals surface area contributed by atoms with E-state index in [0.717, 1.165) is 21.7 Å². The minimum atomic E-state index is -0.128. The first-order valence-corrected chi connectivity index (χ1v) is 12.0. The van der Waals surface area contributed by atoms with Crippen molar-refractivity contribution < 1.29 is 4.42 Å². The summed E-state index contributed by atoms with van der Waals surface area (Å²) >= 11 is 2.93. The number of pyridine rings is 1. The third-order valence-electron chi connectivity index (χ3n) is 5.12. The fourth-order valence-electron chi connectivity index (χ4n) is 3.50. The van der Waals surface area contributed by atoms with Gasteiger partial charge in [-0.05, 0) is 43.2 Å². The lowest BCUT2D eigenvalue weighted by Crippen LogP contribution is -2.23. The van der Waals surface area contributed by atoms with E-state index in [0.29, 0.717) is 39.9 Å². The standard InChI is InChI=1S/C23H20N4O3S2/c1-3-17-10-18-21(32-17)25-23(27(22(18)29)12-16-5-4-8-30-16)31-13-15-9-20(28)26-11-14(2)6-7-19(26)24-15/h4-11H,3,12-13H2,1-2H3. The Morgan fingerprint density at radius 3 is 2.81 bits per heavy atom. The maximum atomic E-state index is 13.3. The zero-order valence-corrected chi connectivity index (χ0v) is 19.2. The molecule has 0 aliphatic rings. The molecule has 0 aromatic carbocycles. The molecule has 0 N–H and O–H groups in total. The maximum absolute atomic E-state index is 13.3.